The van der Waals surface area contributed by atoms with E-state index in [2.05, 4.69) is 38.9 Å². The van der Waals surface area contributed by atoms with E-state index in [4.69, 9.17) is 4.98 Å². The Bertz CT molecular complexity index is 1520. The summed E-state index contributed by atoms with van der Waals surface area (Å²) in [6.45, 7) is 9.86. The van der Waals surface area contributed by atoms with E-state index in [0.717, 1.165) is 25.2 Å². The number of nitrogens with one attached hydrogen (secondary N) is 1. The molecule has 0 saturated heterocycles. The van der Waals surface area contributed by atoms with E-state index >= 15 is 0 Å². The van der Waals surface area contributed by atoms with Gasteiger partial charge >= 0.3 is 0 Å². The fraction of sp³-hybridized carbons (Fsp3) is 0.333. The summed E-state index contributed by atoms with van der Waals surface area (Å²) < 4.78 is 3.14. The average Bonchev–Trinajstić information content (AvgIpc) is 3.14. The Morgan fingerprint density at radius 1 is 1.19 bits per heavy atom. The second-order valence-electron chi connectivity index (χ2n) is 9.72. The van der Waals surface area contributed by atoms with Crippen LogP contribution in [0.15, 0.2) is 60.0 Å². The molecule has 3 aromatic heterocycles. The quantitative estimate of drug-likeness (QED) is 0.315. The topological polar surface area (TPSA) is 121 Å². The van der Waals surface area contributed by atoms with Crippen molar-refractivity contribution < 1.29 is 10.2 Å². The van der Waals surface area contributed by atoms with Crippen LogP contribution in [0.1, 0.15) is 30.7 Å². The second kappa shape index (κ2) is 9.89. The van der Waals surface area contributed by atoms with Crippen molar-refractivity contribution in [1.29, 1.82) is 0 Å². The van der Waals surface area contributed by atoms with E-state index < -0.39 is 5.60 Å². The van der Waals surface area contributed by atoms with Gasteiger partial charge in [0.2, 0.25) is 5.95 Å². The maximum absolute atomic E-state index is 13.2. The highest BCUT2D eigenvalue weighted by molar-refractivity contribution is 5.77. The van der Waals surface area contributed by atoms with Crippen LogP contribution >= 0.6 is 0 Å². The molecule has 1 aliphatic rings. The van der Waals surface area contributed by atoms with Crippen molar-refractivity contribution in [3.05, 3.63) is 82.4 Å². The molecule has 10 heteroatoms. The predicted octanol–water partition coefficient (Wildman–Crippen LogP) is 2.48. The number of nitrogens with zero attached hydrogens (tertiary/aromatic N) is 6. The van der Waals surface area contributed by atoms with Gasteiger partial charge in [0.1, 0.15) is 11.0 Å². The molecule has 0 saturated carbocycles. The number of benzene rings is 1. The zero-order chi connectivity index (χ0) is 26.2. The Kier molecular flexibility index (Phi) is 6.63. The largest absolute Gasteiger partial charge is 0.395 e. The third-order valence-corrected chi connectivity index (χ3v) is 6.53. The highest BCUT2D eigenvalue weighted by Gasteiger charge is 2.22. The van der Waals surface area contributed by atoms with Gasteiger partial charge in [0, 0.05) is 31.5 Å². The van der Waals surface area contributed by atoms with E-state index in [1.807, 2.05) is 6.07 Å². The summed E-state index contributed by atoms with van der Waals surface area (Å²) in [7, 11) is 0. The van der Waals surface area contributed by atoms with Gasteiger partial charge < -0.3 is 15.5 Å². The molecule has 0 aliphatic carbocycles. The standard InChI is InChI=1S/C27H31N7O3/c1-4-11-33-25(36)21-16-28-26(29-20-9-8-18-10-12-32(13-14-35)17-19(18)15-20)31-24(21)34(33)23-7-5-6-22(30-23)27(2,3)37/h4-9,15-16,35,37H,1,10-14,17H2,2-3H3,(H,28,29,31). The molecule has 1 aliphatic heterocycles. The Morgan fingerprint density at radius 3 is 2.78 bits per heavy atom. The first-order chi connectivity index (χ1) is 17.8. The fourth-order valence-electron chi connectivity index (χ4n) is 4.65. The number of allylic oxidation sites excluding steroid dienone is 1. The molecule has 3 N–H and O–H groups in total. The van der Waals surface area contributed by atoms with Gasteiger partial charge in [-0.25, -0.2) is 19.3 Å². The molecule has 0 spiro atoms. The maximum Gasteiger partial charge on any atom is 0.278 e. The molecule has 1 aromatic carbocycles. The first-order valence-corrected chi connectivity index (χ1v) is 12.3. The second-order valence-corrected chi connectivity index (χ2v) is 9.72. The SMILES string of the molecule is C=CCn1c(=O)c2cnc(Nc3ccc4c(c3)CN(CCO)CC4)nc2n1-c1cccc(C(C)(C)O)n1. The number of fused-ring (bicyclic) bond motifs is 2. The van der Waals surface area contributed by atoms with Crippen LogP contribution in [0.3, 0.4) is 0 Å². The van der Waals surface area contributed by atoms with Gasteiger partial charge in [-0.05, 0) is 55.7 Å². The lowest BCUT2D eigenvalue weighted by Crippen LogP contribution is -2.32. The molecule has 192 valence electrons. The van der Waals surface area contributed by atoms with Crippen LogP contribution in [-0.2, 0) is 25.1 Å². The van der Waals surface area contributed by atoms with Crippen molar-refractivity contribution in [1.82, 2.24) is 29.2 Å². The smallest absolute Gasteiger partial charge is 0.278 e. The van der Waals surface area contributed by atoms with Crippen LogP contribution in [0, 0.1) is 0 Å². The van der Waals surface area contributed by atoms with Gasteiger partial charge in [0.15, 0.2) is 11.5 Å². The Balaban J connectivity index is 1.55. The van der Waals surface area contributed by atoms with Crippen LogP contribution in [0.2, 0.25) is 0 Å². The summed E-state index contributed by atoms with van der Waals surface area (Å²) in [5.41, 5.74) is 2.80. The van der Waals surface area contributed by atoms with Crippen LogP contribution in [0.25, 0.3) is 16.9 Å². The molecule has 0 bridgehead atoms. The molecule has 5 rings (SSSR count). The van der Waals surface area contributed by atoms with Crippen LogP contribution in [-0.4, -0.2) is 59.1 Å². The molecule has 0 unspecified atom stereocenters. The van der Waals surface area contributed by atoms with Crippen LogP contribution in [0.4, 0.5) is 11.6 Å². The Labute approximate surface area is 214 Å². The fourth-order valence-corrected chi connectivity index (χ4v) is 4.65. The number of aromatic nitrogens is 5. The summed E-state index contributed by atoms with van der Waals surface area (Å²) >= 11 is 0. The lowest BCUT2D eigenvalue weighted by Gasteiger charge is -2.28. The predicted molar refractivity (Wildman–Crippen MR) is 142 cm³/mol. The summed E-state index contributed by atoms with van der Waals surface area (Å²) in [5.74, 6) is 0.801. The first kappa shape index (κ1) is 24.8. The molecule has 4 aromatic rings. The van der Waals surface area contributed by atoms with Crippen molar-refractivity contribution in [3.8, 4) is 5.82 Å². The third kappa shape index (κ3) is 4.91. The van der Waals surface area contributed by atoms with E-state index in [-0.39, 0.29) is 18.7 Å². The lowest BCUT2D eigenvalue weighted by molar-refractivity contribution is 0.0738. The van der Waals surface area contributed by atoms with Gasteiger partial charge in [-0.2, -0.15) is 4.98 Å². The van der Waals surface area contributed by atoms with Gasteiger partial charge in [-0.1, -0.05) is 18.2 Å². The van der Waals surface area contributed by atoms with Crippen molar-refractivity contribution in [2.45, 2.75) is 39.0 Å². The third-order valence-electron chi connectivity index (χ3n) is 6.53. The first-order valence-electron chi connectivity index (χ1n) is 12.3. The van der Waals surface area contributed by atoms with E-state index in [1.54, 1.807) is 42.8 Å². The van der Waals surface area contributed by atoms with Gasteiger partial charge in [-0.3, -0.25) is 9.69 Å². The summed E-state index contributed by atoms with van der Waals surface area (Å²) in [5, 5.41) is 23.4. The van der Waals surface area contributed by atoms with Gasteiger partial charge in [0.25, 0.3) is 5.56 Å². The summed E-state index contributed by atoms with van der Waals surface area (Å²) in [4.78, 5) is 29.2. The molecule has 37 heavy (non-hydrogen) atoms. The van der Waals surface area contributed by atoms with Crippen LogP contribution < -0.4 is 10.9 Å². The molecule has 0 atom stereocenters. The number of hydrogen-bond donors (Lipinski definition) is 3. The molecular weight excluding hydrogens is 470 g/mol. The monoisotopic (exact) mass is 501 g/mol. The number of aliphatic hydroxyl groups excluding tert-OH is 1. The van der Waals surface area contributed by atoms with Crippen molar-refractivity contribution >= 4 is 22.7 Å². The minimum Gasteiger partial charge on any atom is -0.395 e. The van der Waals surface area contributed by atoms with Crippen molar-refractivity contribution in [3.63, 3.8) is 0 Å². The average molecular weight is 502 g/mol. The van der Waals surface area contributed by atoms with Crippen LogP contribution in [0.5, 0.6) is 0 Å². The number of hydrogen-bond acceptors (Lipinski definition) is 8. The molecule has 0 fully saturated rings. The Morgan fingerprint density at radius 2 is 2.03 bits per heavy atom. The zero-order valence-electron chi connectivity index (χ0n) is 21.1. The van der Waals surface area contributed by atoms with Crippen molar-refractivity contribution in [2.24, 2.45) is 0 Å². The molecule has 0 radical (unpaired) electrons. The maximum atomic E-state index is 13.2. The summed E-state index contributed by atoms with van der Waals surface area (Å²) in [6, 6.07) is 11.5. The number of rotatable bonds is 8. The Hall–Kier alpha value is -3.86. The highest BCUT2D eigenvalue weighted by Crippen LogP contribution is 2.25. The summed E-state index contributed by atoms with van der Waals surface area (Å²) in [6.07, 6.45) is 4.10. The molecule has 10 nitrogen and oxygen atoms in total. The minimum atomic E-state index is -1.15. The number of β-amino-alcohol motifs (C(OH)–C–C–N with tert-alkyl or cyclic N) is 1. The highest BCUT2D eigenvalue weighted by atomic mass is 16.3. The van der Waals surface area contributed by atoms with E-state index in [0.29, 0.717) is 35.0 Å². The number of aliphatic hydroxyl groups is 2. The number of anilines is 2. The normalized spacial score (nSPS) is 14.1. The molecule has 4 heterocycles. The molecular formula is C27H31N7O3. The zero-order valence-corrected chi connectivity index (χ0v) is 21.1. The van der Waals surface area contributed by atoms with Crippen molar-refractivity contribution in [2.75, 3.05) is 25.0 Å². The lowest BCUT2D eigenvalue weighted by atomic mass is 9.99. The van der Waals surface area contributed by atoms with Gasteiger partial charge in [0.05, 0.1) is 18.8 Å². The van der Waals surface area contributed by atoms with E-state index in [1.165, 1.54) is 22.0 Å². The van der Waals surface area contributed by atoms with E-state index in [9.17, 15) is 15.0 Å². The number of pyridine rings is 1. The molecule has 0 amide bonds. The minimum absolute atomic E-state index is 0.141. The van der Waals surface area contributed by atoms with Gasteiger partial charge in [-0.15, -0.1) is 6.58 Å².